The summed E-state index contributed by atoms with van der Waals surface area (Å²) in [6.07, 6.45) is 2.37. The number of nitrogens with one attached hydrogen (secondary N) is 2. The van der Waals surface area contributed by atoms with Gasteiger partial charge in [0.15, 0.2) is 23.2 Å². The number of anilines is 2. The van der Waals surface area contributed by atoms with Gasteiger partial charge < -0.3 is 15.2 Å². The number of carbonyl (C=O) groups excluding carboxylic acids is 2. The number of imidazole rings is 1. The first-order chi connectivity index (χ1) is 14.0. The lowest BCUT2D eigenvalue weighted by atomic mass is 10.1. The van der Waals surface area contributed by atoms with Crippen LogP contribution < -0.4 is 10.6 Å². The molecule has 4 rings (SSSR count). The highest BCUT2D eigenvalue weighted by Crippen LogP contribution is 2.23. The molecular formula is C21H18F2N4O2. The Morgan fingerprint density at radius 2 is 1.66 bits per heavy atom. The van der Waals surface area contributed by atoms with E-state index in [1.165, 1.54) is 6.07 Å². The lowest BCUT2D eigenvalue weighted by Crippen LogP contribution is -2.21. The van der Waals surface area contributed by atoms with Crippen molar-refractivity contribution in [1.82, 2.24) is 9.55 Å². The number of para-hydroxylation sites is 1. The van der Waals surface area contributed by atoms with Crippen LogP contribution >= 0.6 is 0 Å². The van der Waals surface area contributed by atoms with E-state index in [-0.39, 0.29) is 17.2 Å². The smallest absolute Gasteiger partial charge is 0.291 e. The molecule has 2 amide bonds. The molecule has 0 spiro atoms. The van der Waals surface area contributed by atoms with Crippen molar-refractivity contribution in [3.8, 4) is 0 Å². The van der Waals surface area contributed by atoms with Crippen molar-refractivity contribution >= 4 is 23.2 Å². The minimum absolute atomic E-state index is 0.0719. The van der Waals surface area contributed by atoms with Gasteiger partial charge in [0, 0.05) is 24.0 Å². The van der Waals surface area contributed by atoms with Crippen LogP contribution in [0.2, 0.25) is 0 Å². The van der Waals surface area contributed by atoms with Crippen molar-refractivity contribution in [2.75, 3.05) is 10.6 Å². The van der Waals surface area contributed by atoms with Crippen LogP contribution in [0.15, 0.2) is 48.5 Å². The Hall–Kier alpha value is -3.55. The van der Waals surface area contributed by atoms with Crippen molar-refractivity contribution in [3.63, 3.8) is 0 Å². The summed E-state index contributed by atoms with van der Waals surface area (Å²) in [5, 5.41) is 5.30. The molecule has 2 heterocycles. The minimum atomic E-state index is -1.06. The van der Waals surface area contributed by atoms with Crippen LogP contribution in [0.4, 0.5) is 20.2 Å². The van der Waals surface area contributed by atoms with Gasteiger partial charge in [-0.15, -0.1) is 0 Å². The average Bonchev–Trinajstić information content (AvgIpc) is 3.11. The van der Waals surface area contributed by atoms with E-state index in [4.69, 9.17) is 0 Å². The number of amides is 2. The van der Waals surface area contributed by atoms with Crippen LogP contribution in [0.3, 0.4) is 0 Å². The number of fused-ring (bicyclic) bond motifs is 1. The standard InChI is InChI=1S/C21H18F2N4O2/c22-15-10-9-14(12-16(15)23)25-21(29)19-26-18(17-8-4-5-11-27(17)19)20(28)24-13-6-2-1-3-7-13/h1-3,6-7,9-10,12H,4-5,8,11H2,(H,24,28)(H,25,29). The van der Waals surface area contributed by atoms with E-state index in [1.807, 2.05) is 6.07 Å². The first-order valence-corrected chi connectivity index (χ1v) is 9.25. The molecule has 2 N–H and O–H groups in total. The summed E-state index contributed by atoms with van der Waals surface area (Å²) >= 11 is 0. The summed E-state index contributed by atoms with van der Waals surface area (Å²) in [6.45, 7) is 0.557. The van der Waals surface area contributed by atoms with E-state index >= 15 is 0 Å². The van der Waals surface area contributed by atoms with Gasteiger partial charge in [0.05, 0.1) is 5.69 Å². The van der Waals surface area contributed by atoms with Crippen LogP contribution in [0.5, 0.6) is 0 Å². The first kappa shape index (κ1) is 18.8. The predicted molar refractivity (Wildman–Crippen MR) is 104 cm³/mol. The maximum absolute atomic E-state index is 13.4. The second-order valence-corrected chi connectivity index (χ2v) is 6.74. The van der Waals surface area contributed by atoms with E-state index in [0.717, 1.165) is 25.0 Å². The summed E-state index contributed by atoms with van der Waals surface area (Å²) in [4.78, 5) is 29.8. The van der Waals surface area contributed by atoms with Crippen molar-refractivity contribution < 1.29 is 18.4 Å². The Bertz CT molecular complexity index is 1080. The zero-order chi connectivity index (χ0) is 20.4. The largest absolute Gasteiger partial charge is 0.323 e. The first-order valence-electron chi connectivity index (χ1n) is 9.25. The minimum Gasteiger partial charge on any atom is -0.323 e. The number of hydrogen-bond acceptors (Lipinski definition) is 3. The molecule has 0 radical (unpaired) electrons. The van der Waals surface area contributed by atoms with E-state index < -0.39 is 23.4 Å². The Labute approximate surface area is 165 Å². The molecule has 3 aromatic rings. The monoisotopic (exact) mass is 396 g/mol. The molecule has 1 aliphatic rings. The Morgan fingerprint density at radius 1 is 0.897 bits per heavy atom. The van der Waals surface area contributed by atoms with Gasteiger partial charge in [0.2, 0.25) is 0 Å². The number of aromatic nitrogens is 2. The van der Waals surface area contributed by atoms with Crippen LogP contribution in [0.25, 0.3) is 0 Å². The average molecular weight is 396 g/mol. The van der Waals surface area contributed by atoms with E-state index in [1.54, 1.807) is 28.8 Å². The number of benzene rings is 2. The highest BCUT2D eigenvalue weighted by Gasteiger charge is 2.27. The maximum Gasteiger partial charge on any atom is 0.291 e. The van der Waals surface area contributed by atoms with Gasteiger partial charge in [-0.05, 0) is 43.5 Å². The molecule has 0 bridgehead atoms. The third-order valence-electron chi connectivity index (χ3n) is 4.75. The van der Waals surface area contributed by atoms with Gasteiger partial charge >= 0.3 is 0 Å². The fraction of sp³-hybridized carbons (Fsp3) is 0.190. The van der Waals surface area contributed by atoms with Gasteiger partial charge in [-0.3, -0.25) is 9.59 Å². The fourth-order valence-corrected chi connectivity index (χ4v) is 3.37. The molecular weight excluding hydrogens is 378 g/mol. The van der Waals surface area contributed by atoms with Gasteiger partial charge in [0.25, 0.3) is 11.8 Å². The van der Waals surface area contributed by atoms with E-state index in [0.29, 0.717) is 24.3 Å². The lowest BCUT2D eigenvalue weighted by Gasteiger charge is -2.17. The second kappa shape index (κ2) is 7.83. The Morgan fingerprint density at radius 3 is 2.41 bits per heavy atom. The molecule has 0 atom stereocenters. The highest BCUT2D eigenvalue weighted by atomic mass is 19.2. The topological polar surface area (TPSA) is 76.0 Å². The van der Waals surface area contributed by atoms with Crippen LogP contribution in [-0.4, -0.2) is 21.4 Å². The quantitative estimate of drug-likeness (QED) is 0.700. The van der Waals surface area contributed by atoms with Crippen LogP contribution in [0, 0.1) is 11.6 Å². The van der Waals surface area contributed by atoms with Crippen LogP contribution in [-0.2, 0) is 13.0 Å². The fourth-order valence-electron chi connectivity index (χ4n) is 3.37. The summed E-state index contributed by atoms with van der Waals surface area (Å²) in [6, 6.07) is 12.1. The van der Waals surface area contributed by atoms with Gasteiger partial charge in [-0.25, -0.2) is 13.8 Å². The zero-order valence-electron chi connectivity index (χ0n) is 15.4. The molecule has 2 aromatic carbocycles. The Balaban J connectivity index is 1.62. The zero-order valence-corrected chi connectivity index (χ0v) is 15.4. The molecule has 0 saturated carbocycles. The maximum atomic E-state index is 13.4. The van der Waals surface area contributed by atoms with Gasteiger partial charge in [0.1, 0.15) is 0 Å². The molecule has 0 fully saturated rings. The molecule has 29 heavy (non-hydrogen) atoms. The predicted octanol–water partition coefficient (Wildman–Crippen LogP) is 4.00. The third kappa shape index (κ3) is 3.87. The van der Waals surface area contributed by atoms with E-state index in [9.17, 15) is 18.4 Å². The number of rotatable bonds is 4. The molecule has 1 aliphatic heterocycles. The molecule has 8 heteroatoms. The normalized spacial score (nSPS) is 12.9. The van der Waals surface area contributed by atoms with Crippen LogP contribution in [0.1, 0.15) is 39.6 Å². The lowest BCUT2D eigenvalue weighted by molar-refractivity contribution is 0.101. The van der Waals surface area contributed by atoms with Crippen molar-refractivity contribution in [2.24, 2.45) is 0 Å². The molecule has 0 aliphatic carbocycles. The number of halogens is 2. The second-order valence-electron chi connectivity index (χ2n) is 6.74. The molecule has 1 aromatic heterocycles. The summed E-state index contributed by atoms with van der Waals surface area (Å²) < 4.78 is 28.2. The number of carbonyl (C=O) groups is 2. The third-order valence-corrected chi connectivity index (χ3v) is 4.75. The Kier molecular flexibility index (Phi) is 5.07. The van der Waals surface area contributed by atoms with Crippen molar-refractivity contribution in [2.45, 2.75) is 25.8 Å². The molecule has 0 saturated heterocycles. The molecule has 0 unspecified atom stereocenters. The number of nitrogens with zero attached hydrogens (tertiary/aromatic N) is 2. The summed E-state index contributed by atoms with van der Waals surface area (Å²) in [5.74, 6) is -2.97. The molecule has 6 nitrogen and oxygen atoms in total. The van der Waals surface area contributed by atoms with Gasteiger partial charge in [-0.1, -0.05) is 18.2 Å². The van der Waals surface area contributed by atoms with Crippen molar-refractivity contribution in [3.05, 3.63) is 77.4 Å². The summed E-state index contributed by atoms with van der Waals surface area (Å²) in [5.41, 5.74) is 1.63. The van der Waals surface area contributed by atoms with Gasteiger partial charge in [-0.2, -0.15) is 0 Å². The van der Waals surface area contributed by atoms with Crippen molar-refractivity contribution in [1.29, 1.82) is 0 Å². The van der Waals surface area contributed by atoms with E-state index in [2.05, 4.69) is 15.6 Å². The summed E-state index contributed by atoms with van der Waals surface area (Å²) in [7, 11) is 0. The highest BCUT2D eigenvalue weighted by molar-refractivity contribution is 6.07. The number of hydrogen-bond donors (Lipinski definition) is 2. The molecule has 148 valence electrons. The SMILES string of the molecule is O=C(Nc1ccccc1)c1nc(C(=O)Nc2ccc(F)c(F)c2)n2c1CCCC2.